The van der Waals surface area contributed by atoms with Crippen molar-refractivity contribution in [1.82, 2.24) is 14.4 Å². The summed E-state index contributed by atoms with van der Waals surface area (Å²) in [5.74, 6) is 1.24. The van der Waals surface area contributed by atoms with Crippen molar-refractivity contribution in [2.45, 2.75) is 19.3 Å². The van der Waals surface area contributed by atoms with Gasteiger partial charge in [-0.15, -0.1) is 0 Å². The van der Waals surface area contributed by atoms with Crippen molar-refractivity contribution in [2.75, 3.05) is 30.3 Å². The molecule has 2 aromatic heterocycles. The minimum Gasteiger partial charge on any atom is -0.465 e. The van der Waals surface area contributed by atoms with Crippen LogP contribution in [0.15, 0.2) is 17.0 Å². The van der Waals surface area contributed by atoms with Gasteiger partial charge < -0.3 is 15.4 Å². The van der Waals surface area contributed by atoms with Crippen molar-refractivity contribution in [3.05, 3.63) is 17.0 Å². The summed E-state index contributed by atoms with van der Waals surface area (Å²) in [4.78, 5) is 22.8. The monoisotopic (exact) mass is 365 g/mol. The highest BCUT2D eigenvalue weighted by molar-refractivity contribution is 9.10. The third-order valence-electron chi connectivity index (χ3n) is 4.77. The number of nitrogen functional groups attached to an aromatic ring is 1. The highest BCUT2D eigenvalue weighted by Gasteiger charge is 2.46. The fourth-order valence-corrected chi connectivity index (χ4v) is 3.96. The van der Waals surface area contributed by atoms with Crippen LogP contribution in [-0.2, 0) is 9.53 Å². The molecule has 2 aliphatic heterocycles. The fraction of sp³-hybridized carbons (Fsp3) is 0.500. The number of carbonyl (C=O) groups is 1. The maximum absolute atomic E-state index is 12.0. The van der Waals surface area contributed by atoms with Crippen molar-refractivity contribution in [1.29, 1.82) is 0 Å². The summed E-state index contributed by atoms with van der Waals surface area (Å²) in [5, 5.41) is 0. The molecule has 0 saturated carbocycles. The van der Waals surface area contributed by atoms with Crippen LogP contribution >= 0.6 is 15.9 Å². The maximum Gasteiger partial charge on any atom is 0.312 e. The van der Waals surface area contributed by atoms with Crippen LogP contribution in [-0.4, -0.2) is 40.0 Å². The first-order chi connectivity index (χ1) is 10.6. The van der Waals surface area contributed by atoms with Gasteiger partial charge in [0.05, 0.1) is 12.0 Å². The smallest absolute Gasteiger partial charge is 0.312 e. The Morgan fingerprint density at radius 3 is 2.77 bits per heavy atom. The number of nitrogens with two attached hydrogens (primary N) is 1. The average molecular weight is 366 g/mol. The number of aromatic nitrogens is 3. The zero-order chi connectivity index (χ0) is 15.3. The lowest BCUT2D eigenvalue weighted by molar-refractivity contribution is -0.147. The quantitative estimate of drug-likeness (QED) is 0.772. The Morgan fingerprint density at radius 2 is 2.09 bits per heavy atom. The molecule has 0 aromatic carbocycles. The van der Waals surface area contributed by atoms with Crippen LogP contribution in [0.4, 0.5) is 11.8 Å². The van der Waals surface area contributed by atoms with Gasteiger partial charge in [-0.3, -0.25) is 9.20 Å². The molecule has 8 heteroatoms. The standard InChI is InChI=1S/C14H16BrN5O2/c15-10-9-11(16)17-4-7-20(9)13(18-10)19-5-1-14(2-6-19)3-8-22-12(14)21/h4,7H,1-3,5-6,8H2,(H2,16,17). The van der Waals surface area contributed by atoms with E-state index in [0.29, 0.717) is 17.0 Å². The van der Waals surface area contributed by atoms with E-state index in [1.807, 2.05) is 10.6 Å². The lowest BCUT2D eigenvalue weighted by atomic mass is 9.77. The third-order valence-corrected chi connectivity index (χ3v) is 5.32. The van der Waals surface area contributed by atoms with Crippen molar-refractivity contribution in [3.8, 4) is 0 Å². The summed E-state index contributed by atoms with van der Waals surface area (Å²) in [5.41, 5.74) is 6.43. The largest absolute Gasteiger partial charge is 0.465 e. The van der Waals surface area contributed by atoms with Gasteiger partial charge in [-0.2, -0.15) is 0 Å². The topological polar surface area (TPSA) is 85.7 Å². The molecule has 0 amide bonds. The number of imidazole rings is 1. The molecule has 2 aliphatic rings. The van der Waals surface area contributed by atoms with Gasteiger partial charge in [0.1, 0.15) is 10.1 Å². The number of piperidine rings is 1. The Balaban J connectivity index is 1.65. The lowest BCUT2D eigenvalue weighted by Gasteiger charge is -2.36. The number of nitrogens with zero attached hydrogens (tertiary/aromatic N) is 4. The molecule has 2 saturated heterocycles. The second kappa shape index (κ2) is 4.84. The van der Waals surface area contributed by atoms with E-state index in [-0.39, 0.29) is 11.4 Å². The molecule has 4 heterocycles. The first kappa shape index (κ1) is 13.8. The molecular formula is C14H16BrN5O2. The van der Waals surface area contributed by atoms with E-state index in [0.717, 1.165) is 43.8 Å². The number of esters is 1. The van der Waals surface area contributed by atoms with Crippen LogP contribution in [0.3, 0.4) is 0 Å². The molecule has 2 aromatic rings. The molecule has 0 radical (unpaired) electrons. The van der Waals surface area contributed by atoms with E-state index in [4.69, 9.17) is 10.5 Å². The predicted octanol–water partition coefficient (Wildman–Crippen LogP) is 1.61. The second-order valence-electron chi connectivity index (χ2n) is 5.89. The number of ether oxygens (including phenoxy) is 1. The number of rotatable bonds is 1. The zero-order valence-corrected chi connectivity index (χ0v) is 13.5. The number of hydrogen-bond acceptors (Lipinski definition) is 6. The van der Waals surface area contributed by atoms with Gasteiger partial charge in [0.15, 0.2) is 5.82 Å². The summed E-state index contributed by atoms with van der Waals surface area (Å²) in [6.45, 7) is 2.12. The van der Waals surface area contributed by atoms with E-state index < -0.39 is 0 Å². The Hall–Kier alpha value is -1.83. The number of fused-ring (bicyclic) bond motifs is 1. The zero-order valence-electron chi connectivity index (χ0n) is 12.0. The summed E-state index contributed by atoms with van der Waals surface area (Å²) in [7, 11) is 0. The predicted molar refractivity (Wildman–Crippen MR) is 84.6 cm³/mol. The highest BCUT2D eigenvalue weighted by atomic mass is 79.9. The van der Waals surface area contributed by atoms with E-state index in [1.165, 1.54) is 0 Å². The van der Waals surface area contributed by atoms with Crippen molar-refractivity contribution in [2.24, 2.45) is 5.41 Å². The summed E-state index contributed by atoms with van der Waals surface area (Å²) >= 11 is 3.45. The Kier molecular flexibility index (Phi) is 3.04. The van der Waals surface area contributed by atoms with Gasteiger partial charge in [-0.25, -0.2) is 9.97 Å². The molecule has 0 aliphatic carbocycles. The van der Waals surface area contributed by atoms with Crippen LogP contribution in [0, 0.1) is 5.41 Å². The Labute approximate surface area is 135 Å². The maximum atomic E-state index is 12.0. The number of cyclic esters (lactones) is 1. The van der Waals surface area contributed by atoms with Crippen LogP contribution < -0.4 is 10.6 Å². The van der Waals surface area contributed by atoms with Gasteiger partial charge in [0, 0.05) is 25.5 Å². The summed E-state index contributed by atoms with van der Waals surface area (Å²) in [6.07, 6.45) is 5.97. The van der Waals surface area contributed by atoms with Crippen LogP contribution in [0.5, 0.6) is 0 Å². The molecule has 116 valence electrons. The van der Waals surface area contributed by atoms with Gasteiger partial charge in [-0.1, -0.05) is 0 Å². The van der Waals surface area contributed by atoms with E-state index in [2.05, 4.69) is 30.8 Å². The van der Waals surface area contributed by atoms with Crippen molar-refractivity contribution < 1.29 is 9.53 Å². The number of anilines is 2. The van der Waals surface area contributed by atoms with Crippen LogP contribution in [0.2, 0.25) is 0 Å². The van der Waals surface area contributed by atoms with Gasteiger partial charge in [0.2, 0.25) is 5.95 Å². The van der Waals surface area contributed by atoms with E-state index >= 15 is 0 Å². The van der Waals surface area contributed by atoms with Crippen LogP contribution in [0.1, 0.15) is 19.3 Å². The average Bonchev–Trinajstić information content (AvgIpc) is 3.03. The van der Waals surface area contributed by atoms with Crippen molar-refractivity contribution in [3.63, 3.8) is 0 Å². The molecule has 2 N–H and O–H groups in total. The molecule has 1 spiro atoms. The van der Waals surface area contributed by atoms with E-state index in [9.17, 15) is 4.79 Å². The van der Waals surface area contributed by atoms with E-state index in [1.54, 1.807) is 6.20 Å². The summed E-state index contributed by atoms with van der Waals surface area (Å²) in [6, 6.07) is 0. The number of halogens is 1. The molecule has 0 atom stereocenters. The fourth-order valence-electron chi connectivity index (χ4n) is 3.41. The molecule has 2 fully saturated rings. The Bertz CT molecular complexity index is 751. The number of carbonyl (C=O) groups excluding carboxylic acids is 1. The molecule has 4 rings (SSSR count). The Morgan fingerprint density at radius 1 is 1.32 bits per heavy atom. The summed E-state index contributed by atoms with van der Waals surface area (Å²) < 4.78 is 7.80. The molecule has 0 bridgehead atoms. The third kappa shape index (κ3) is 1.89. The van der Waals surface area contributed by atoms with Gasteiger partial charge in [0.25, 0.3) is 0 Å². The minimum atomic E-state index is -0.276. The van der Waals surface area contributed by atoms with Gasteiger partial charge in [-0.05, 0) is 35.2 Å². The molecule has 7 nitrogen and oxygen atoms in total. The SMILES string of the molecule is Nc1nccn2c(N3CCC4(CCOC4=O)CC3)nc(Br)c12. The first-order valence-electron chi connectivity index (χ1n) is 7.31. The molecule has 0 unspecified atom stereocenters. The molecular weight excluding hydrogens is 350 g/mol. The minimum absolute atomic E-state index is 0.0326. The lowest BCUT2D eigenvalue weighted by Crippen LogP contribution is -2.43. The normalized spacial score (nSPS) is 20.8. The molecule has 22 heavy (non-hydrogen) atoms. The highest BCUT2D eigenvalue weighted by Crippen LogP contribution is 2.41. The second-order valence-corrected chi connectivity index (χ2v) is 6.64. The van der Waals surface area contributed by atoms with Crippen LogP contribution in [0.25, 0.3) is 5.52 Å². The first-order valence-corrected chi connectivity index (χ1v) is 8.10. The van der Waals surface area contributed by atoms with Gasteiger partial charge >= 0.3 is 5.97 Å². The number of hydrogen-bond donors (Lipinski definition) is 1. The van der Waals surface area contributed by atoms with Crippen molar-refractivity contribution >= 4 is 39.2 Å².